The van der Waals surface area contributed by atoms with E-state index in [2.05, 4.69) is 23.8 Å². The zero-order valence-corrected chi connectivity index (χ0v) is 21.5. The second-order valence-electron chi connectivity index (χ2n) is 11.0. The average molecular weight is 506 g/mol. The van der Waals surface area contributed by atoms with Gasteiger partial charge in [0.05, 0.1) is 6.10 Å². The number of likely N-dealkylation sites (tertiary alicyclic amines) is 1. The first-order valence-electron chi connectivity index (χ1n) is 12.6. The number of esters is 1. The molecule has 0 spiro atoms. The van der Waals surface area contributed by atoms with Crippen LogP contribution >= 0.6 is 0 Å². The van der Waals surface area contributed by atoms with Crippen molar-refractivity contribution in [2.75, 3.05) is 13.2 Å². The molecule has 0 radical (unpaired) electrons. The predicted molar refractivity (Wildman–Crippen MR) is 132 cm³/mol. The van der Waals surface area contributed by atoms with Crippen molar-refractivity contribution in [2.24, 2.45) is 11.3 Å². The Balaban J connectivity index is 1.74. The Bertz CT molecular complexity index is 892. The summed E-state index contributed by atoms with van der Waals surface area (Å²) in [6.45, 7) is 12.6. The maximum Gasteiger partial charge on any atom is 0.408 e. The highest BCUT2D eigenvalue weighted by Crippen LogP contribution is 2.45. The van der Waals surface area contributed by atoms with Gasteiger partial charge in [0.15, 0.2) is 0 Å². The zero-order chi connectivity index (χ0) is 26.7. The average Bonchev–Trinajstić information content (AvgIpc) is 3.10. The standard InChI is InChI=1S/C26H39N3O7/c1-6-12-35-23(33)26(14-16(26)7-2)28-21(31)19-13-17(30)15-29(19)22(32)20(25(3,4)5)27-24(34)36-18-10-8-9-11-18/h6-7,16-20,30H,1-2,8-15H2,3-5H3,(H,27,34)(H,28,31)/t16-,17-,19+,20-,26-/m1/s1. The minimum Gasteiger partial charge on any atom is -0.460 e. The molecule has 10 nitrogen and oxygen atoms in total. The van der Waals surface area contributed by atoms with Gasteiger partial charge in [-0.2, -0.15) is 0 Å². The van der Waals surface area contributed by atoms with Crippen LogP contribution in [0.4, 0.5) is 4.79 Å². The van der Waals surface area contributed by atoms with Crippen LogP contribution < -0.4 is 10.6 Å². The van der Waals surface area contributed by atoms with E-state index >= 15 is 0 Å². The summed E-state index contributed by atoms with van der Waals surface area (Å²) < 4.78 is 10.7. The molecule has 0 aromatic carbocycles. The van der Waals surface area contributed by atoms with Crippen LogP contribution in [0, 0.1) is 11.3 Å². The summed E-state index contributed by atoms with van der Waals surface area (Å²) in [5, 5.41) is 15.8. The summed E-state index contributed by atoms with van der Waals surface area (Å²) in [6, 6.07) is -2.00. The van der Waals surface area contributed by atoms with E-state index < -0.39 is 53.0 Å². The number of ether oxygens (including phenoxy) is 2. The van der Waals surface area contributed by atoms with Gasteiger partial charge in [-0.3, -0.25) is 9.59 Å². The van der Waals surface area contributed by atoms with Gasteiger partial charge in [-0.1, -0.05) is 39.5 Å². The molecule has 200 valence electrons. The van der Waals surface area contributed by atoms with E-state index in [1.165, 1.54) is 11.0 Å². The highest BCUT2D eigenvalue weighted by atomic mass is 16.6. The number of nitrogens with zero attached hydrogens (tertiary/aromatic N) is 1. The molecule has 0 bridgehead atoms. The summed E-state index contributed by atoms with van der Waals surface area (Å²) in [6.07, 6.45) is 5.19. The van der Waals surface area contributed by atoms with Crippen molar-refractivity contribution in [3.8, 4) is 0 Å². The molecule has 2 saturated carbocycles. The number of nitrogens with one attached hydrogen (secondary N) is 2. The van der Waals surface area contributed by atoms with Crippen molar-refractivity contribution in [2.45, 2.75) is 89.1 Å². The summed E-state index contributed by atoms with van der Waals surface area (Å²) in [7, 11) is 0. The Morgan fingerprint density at radius 1 is 1.19 bits per heavy atom. The number of aliphatic hydroxyl groups excluding tert-OH is 1. The molecule has 1 heterocycles. The van der Waals surface area contributed by atoms with Crippen LogP contribution in [0.5, 0.6) is 0 Å². The molecule has 0 unspecified atom stereocenters. The van der Waals surface area contributed by atoms with Crippen LogP contribution in [-0.4, -0.2) is 76.9 Å². The van der Waals surface area contributed by atoms with Crippen molar-refractivity contribution < 1.29 is 33.8 Å². The number of carbonyl (C=O) groups is 4. The van der Waals surface area contributed by atoms with Crippen molar-refractivity contribution in [1.29, 1.82) is 0 Å². The summed E-state index contributed by atoms with van der Waals surface area (Å²) >= 11 is 0. The first kappa shape index (κ1) is 27.7. The van der Waals surface area contributed by atoms with Crippen LogP contribution in [0.1, 0.15) is 59.3 Å². The molecule has 10 heteroatoms. The van der Waals surface area contributed by atoms with Crippen molar-refractivity contribution in [1.82, 2.24) is 15.5 Å². The smallest absolute Gasteiger partial charge is 0.408 e. The number of hydrogen-bond acceptors (Lipinski definition) is 7. The van der Waals surface area contributed by atoms with Gasteiger partial charge in [-0.25, -0.2) is 9.59 Å². The molecule has 2 aliphatic carbocycles. The number of amides is 3. The van der Waals surface area contributed by atoms with Crippen LogP contribution in [0.25, 0.3) is 0 Å². The first-order chi connectivity index (χ1) is 16.9. The van der Waals surface area contributed by atoms with E-state index in [1.54, 1.807) is 26.8 Å². The second-order valence-corrected chi connectivity index (χ2v) is 11.0. The molecule has 0 aromatic heterocycles. The number of β-amino-alcohol motifs (C(OH)–C–C–N with tert-alkyl or cyclic N) is 1. The number of aliphatic hydroxyl groups is 1. The zero-order valence-electron chi connectivity index (χ0n) is 21.5. The molecular formula is C26H39N3O7. The molecule has 3 N–H and O–H groups in total. The van der Waals surface area contributed by atoms with Gasteiger partial charge in [-0.05, 0) is 37.5 Å². The van der Waals surface area contributed by atoms with Crippen molar-refractivity contribution in [3.63, 3.8) is 0 Å². The molecule has 3 amide bonds. The number of rotatable bonds is 9. The van der Waals surface area contributed by atoms with Gasteiger partial charge < -0.3 is 30.1 Å². The second kappa shape index (κ2) is 11.0. The Hall–Kier alpha value is -2.88. The van der Waals surface area contributed by atoms with E-state index in [0.29, 0.717) is 6.42 Å². The van der Waals surface area contributed by atoms with E-state index in [1.807, 2.05) is 0 Å². The number of alkyl carbamates (subject to hydrolysis) is 1. The first-order valence-corrected chi connectivity index (χ1v) is 12.6. The third-order valence-electron chi connectivity index (χ3n) is 7.16. The van der Waals surface area contributed by atoms with Crippen LogP contribution in [0.3, 0.4) is 0 Å². The molecule has 3 aliphatic rings. The SMILES string of the molecule is C=CCOC(=O)[C@@]1(NC(=O)[C@@H]2C[C@@H](O)CN2C(=O)[C@@H](NC(=O)OC2CCCC2)C(C)(C)C)C[C@H]1C=C. The van der Waals surface area contributed by atoms with Crippen LogP contribution in [-0.2, 0) is 23.9 Å². The molecule has 1 saturated heterocycles. The molecular weight excluding hydrogens is 466 g/mol. The van der Waals surface area contributed by atoms with Crippen molar-refractivity contribution >= 4 is 23.9 Å². The largest absolute Gasteiger partial charge is 0.460 e. The molecule has 0 aromatic rings. The van der Waals surface area contributed by atoms with Gasteiger partial charge in [0.1, 0.15) is 30.3 Å². The van der Waals surface area contributed by atoms with Gasteiger partial charge in [0.2, 0.25) is 11.8 Å². The fraction of sp³-hybridized carbons (Fsp3) is 0.692. The molecule has 1 aliphatic heterocycles. The third-order valence-corrected chi connectivity index (χ3v) is 7.16. The normalized spacial score (nSPS) is 28.7. The maximum absolute atomic E-state index is 13.6. The van der Waals surface area contributed by atoms with Crippen LogP contribution in [0.15, 0.2) is 25.3 Å². The Morgan fingerprint density at radius 3 is 2.42 bits per heavy atom. The highest BCUT2D eigenvalue weighted by Gasteiger charge is 2.62. The van der Waals surface area contributed by atoms with E-state index in [9.17, 15) is 24.3 Å². The summed E-state index contributed by atoms with van der Waals surface area (Å²) in [5.74, 6) is -1.97. The number of hydrogen-bond donors (Lipinski definition) is 3. The quantitative estimate of drug-likeness (QED) is 0.321. The molecule has 3 rings (SSSR count). The third kappa shape index (κ3) is 6.08. The molecule has 3 fully saturated rings. The maximum atomic E-state index is 13.6. The minimum atomic E-state index is -1.25. The molecule has 36 heavy (non-hydrogen) atoms. The Kier molecular flexibility index (Phi) is 8.48. The monoisotopic (exact) mass is 505 g/mol. The lowest BCUT2D eigenvalue weighted by Crippen LogP contribution is -2.59. The fourth-order valence-corrected chi connectivity index (χ4v) is 5.00. The fourth-order valence-electron chi connectivity index (χ4n) is 5.00. The summed E-state index contributed by atoms with van der Waals surface area (Å²) in [5.41, 5.74) is -1.95. The van der Waals surface area contributed by atoms with E-state index in [0.717, 1.165) is 25.7 Å². The summed E-state index contributed by atoms with van der Waals surface area (Å²) in [4.78, 5) is 53.5. The number of carbonyl (C=O) groups excluding carboxylic acids is 4. The molecule has 5 atom stereocenters. The Morgan fingerprint density at radius 2 is 1.86 bits per heavy atom. The van der Waals surface area contributed by atoms with Gasteiger partial charge in [0.25, 0.3) is 0 Å². The van der Waals surface area contributed by atoms with Gasteiger partial charge >= 0.3 is 12.1 Å². The lowest BCUT2D eigenvalue weighted by atomic mass is 9.85. The predicted octanol–water partition coefficient (Wildman–Crippen LogP) is 1.82. The highest BCUT2D eigenvalue weighted by molar-refractivity contribution is 5.96. The topological polar surface area (TPSA) is 134 Å². The van der Waals surface area contributed by atoms with E-state index in [4.69, 9.17) is 9.47 Å². The van der Waals surface area contributed by atoms with Gasteiger partial charge in [0, 0.05) is 18.9 Å². The van der Waals surface area contributed by atoms with E-state index in [-0.39, 0.29) is 31.6 Å². The van der Waals surface area contributed by atoms with Crippen LogP contribution in [0.2, 0.25) is 0 Å². The minimum absolute atomic E-state index is 0.00294. The Labute approximate surface area is 212 Å². The lowest BCUT2D eigenvalue weighted by Gasteiger charge is -2.35. The van der Waals surface area contributed by atoms with Gasteiger partial charge in [-0.15, -0.1) is 6.58 Å². The lowest BCUT2D eigenvalue weighted by molar-refractivity contribution is -0.149. The van der Waals surface area contributed by atoms with Crippen molar-refractivity contribution in [3.05, 3.63) is 25.3 Å².